The largest absolute Gasteiger partial charge is 0.390 e. The van der Waals surface area contributed by atoms with Crippen LogP contribution in [0.25, 0.3) is 0 Å². The predicted octanol–water partition coefficient (Wildman–Crippen LogP) is 3.67. The number of hydrogen-bond donors (Lipinski definition) is 1. The molecule has 82 valence electrons. The molecule has 1 rings (SSSR count). The highest BCUT2D eigenvalue weighted by molar-refractivity contribution is 5.00. The third kappa shape index (κ3) is 3.83. The molecule has 1 saturated carbocycles. The smallest absolute Gasteiger partial charge is 0.0650 e. The number of hydrogen-bond acceptors (Lipinski definition) is 1. The van der Waals surface area contributed by atoms with Gasteiger partial charge in [0.15, 0.2) is 0 Å². The Morgan fingerprint density at radius 2 is 2.14 bits per heavy atom. The summed E-state index contributed by atoms with van der Waals surface area (Å²) in [6.07, 6.45) is 9.14. The van der Waals surface area contributed by atoms with Crippen molar-refractivity contribution in [2.45, 2.75) is 64.9 Å². The standard InChI is InChI=1S/C13H24O/c1-4-6-11(2)7-5-10-13(3,14)12-8-9-12/h7,12,14H,4-6,8-10H2,1-3H3/b11-7+. The van der Waals surface area contributed by atoms with E-state index in [1.54, 1.807) is 0 Å². The molecule has 1 fully saturated rings. The van der Waals surface area contributed by atoms with Crippen LogP contribution >= 0.6 is 0 Å². The fraction of sp³-hybridized carbons (Fsp3) is 0.846. The van der Waals surface area contributed by atoms with Crippen molar-refractivity contribution in [1.29, 1.82) is 0 Å². The van der Waals surface area contributed by atoms with E-state index in [1.807, 2.05) is 6.92 Å². The van der Waals surface area contributed by atoms with Gasteiger partial charge in [-0.1, -0.05) is 25.0 Å². The monoisotopic (exact) mass is 196 g/mol. The van der Waals surface area contributed by atoms with E-state index < -0.39 is 5.60 Å². The second-order valence-corrected chi connectivity index (χ2v) is 4.97. The first-order valence-corrected chi connectivity index (χ1v) is 5.94. The number of allylic oxidation sites excluding steroid dienone is 2. The molecule has 1 aliphatic carbocycles. The van der Waals surface area contributed by atoms with Gasteiger partial charge in [0.25, 0.3) is 0 Å². The Kier molecular flexibility index (Phi) is 4.18. The summed E-state index contributed by atoms with van der Waals surface area (Å²) in [6.45, 7) is 6.39. The van der Waals surface area contributed by atoms with Gasteiger partial charge in [0.1, 0.15) is 0 Å². The molecule has 0 aromatic carbocycles. The van der Waals surface area contributed by atoms with E-state index in [9.17, 15) is 5.11 Å². The van der Waals surface area contributed by atoms with Gasteiger partial charge in [0.05, 0.1) is 5.60 Å². The Morgan fingerprint density at radius 3 is 2.64 bits per heavy atom. The van der Waals surface area contributed by atoms with Crippen molar-refractivity contribution in [2.75, 3.05) is 0 Å². The first-order valence-electron chi connectivity index (χ1n) is 5.94. The molecule has 1 atom stereocenters. The molecule has 0 aromatic rings. The van der Waals surface area contributed by atoms with E-state index >= 15 is 0 Å². The van der Waals surface area contributed by atoms with E-state index in [4.69, 9.17) is 0 Å². The van der Waals surface area contributed by atoms with E-state index in [1.165, 1.54) is 31.3 Å². The van der Waals surface area contributed by atoms with Gasteiger partial charge in [-0.05, 0) is 51.9 Å². The molecule has 0 spiro atoms. The van der Waals surface area contributed by atoms with Crippen LogP contribution in [0.2, 0.25) is 0 Å². The number of rotatable bonds is 6. The SMILES string of the molecule is CCC/C(C)=C/CCC(C)(O)C1CC1. The fourth-order valence-electron chi connectivity index (χ4n) is 2.02. The molecule has 1 unspecified atom stereocenters. The van der Waals surface area contributed by atoms with Crippen LogP contribution in [0.4, 0.5) is 0 Å². The lowest BCUT2D eigenvalue weighted by Gasteiger charge is -2.22. The average molecular weight is 196 g/mol. The van der Waals surface area contributed by atoms with Crippen molar-refractivity contribution < 1.29 is 5.11 Å². The lowest BCUT2D eigenvalue weighted by molar-refractivity contribution is 0.0290. The zero-order chi connectivity index (χ0) is 10.6. The van der Waals surface area contributed by atoms with Crippen molar-refractivity contribution in [1.82, 2.24) is 0 Å². The Hall–Kier alpha value is -0.300. The van der Waals surface area contributed by atoms with Crippen molar-refractivity contribution in [3.8, 4) is 0 Å². The highest BCUT2D eigenvalue weighted by Crippen LogP contribution is 2.41. The summed E-state index contributed by atoms with van der Waals surface area (Å²) >= 11 is 0. The molecular formula is C13H24O. The van der Waals surface area contributed by atoms with Crippen LogP contribution in [-0.2, 0) is 0 Å². The van der Waals surface area contributed by atoms with Gasteiger partial charge < -0.3 is 5.11 Å². The van der Waals surface area contributed by atoms with Crippen LogP contribution in [0.15, 0.2) is 11.6 Å². The summed E-state index contributed by atoms with van der Waals surface area (Å²) in [6, 6.07) is 0. The Labute approximate surface area is 88.2 Å². The molecular weight excluding hydrogens is 172 g/mol. The van der Waals surface area contributed by atoms with Crippen LogP contribution < -0.4 is 0 Å². The third-order valence-electron chi connectivity index (χ3n) is 3.24. The molecule has 0 bridgehead atoms. The molecule has 0 saturated heterocycles. The molecule has 0 heterocycles. The average Bonchev–Trinajstić information content (AvgIpc) is 2.86. The zero-order valence-electron chi connectivity index (χ0n) is 9.84. The van der Waals surface area contributed by atoms with E-state index in [2.05, 4.69) is 19.9 Å². The first-order chi connectivity index (χ1) is 6.56. The van der Waals surface area contributed by atoms with Gasteiger partial charge in [-0.2, -0.15) is 0 Å². The van der Waals surface area contributed by atoms with Gasteiger partial charge >= 0.3 is 0 Å². The van der Waals surface area contributed by atoms with Crippen LogP contribution in [0.1, 0.15) is 59.3 Å². The minimum atomic E-state index is -0.400. The third-order valence-corrected chi connectivity index (χ3v) is 3.24. The zero-order valence-corrected chi connectivity index (χ0v) is 9.84. The Bertz CT molecular complexity index is 199. The summed E-state index contributed by atoms with van der Waals surface area (Å²) in [5, 5.41) is 10.1. The quantitative estimate of drug-likeness (QED) is 0.643. The minimum absolute atomic E-state index is 0.400. The summed E-state index contributed by atoms with van der Waals surface area (Å²) in [5.74, 6) is 0.586. The summed E-state index contributed by atoms with van der Waals surface area (Å²) in [4.78, 5) is 0. The van der Waals surface area contributed by atoms with Crippen molar-refractivity contribution >= 4 is 0 Å². The lowest BCUT2D eigenvalue weighted by Crippen LogP contribution is -2.26. The maximum absolute atomic E-state index is 10.1. The van der Waals surface area contributed by atoms with E-state index in [0.717, 1.165) is 12.8 Å². The molecule has 1 heteroatoms. The summed E-state index contributed by atoms with van der Waals surface area (Å²) < 4.78 is 0. The summed E-state index contributed by atoms with van der Waals surface area (Å²) in [5.41, 5.74) is 1.07. The van der Waals surface area contributed by atoms with Crippen molar-refractivity contribution in [3.05, 3.63) is 11.6 Å². The Morgan fingerprint density at radius 1 is 1.50 bits per heavy atom. The van der Waals surface area contributed by atoms with Gasteiger partial charge in [-0.25, -0.2) is 0 Å². The molecule has 0 amide bonds. The molecule has 1 nitrogen and oxygen atoms in total. The molecule has 0 aliphatic heterocycles. The second-order valence-electron chi connectivity index (χ2n) is 4.97. The molecule has 1 aliphatic rings. The van der Waals surface area contributed by atoms with Gasteiger partial charge in [-0.15, -0.1) is 0 Å². The topological polar surface area (TPSA) is 20.2 Å². The maximum atomic E-state index is 10.1. The van der Waals surface area contributed by atoms with E-state index in [0.29, 0.717) is 5.92 Å². The van der Waals surface area contributed by atoms with Crippen LogP contribution in [-0.4, -0.2) is 10.7 Å². The normalized spacial score (nSPS) is 22.1. The maximum Gasteiger partial charge on any atom is 0.0650 e. The van der Waals surface area contributed by atoms with Crippen LogP contribution in [0.3, 0.4) is 0 Å². The minimum Gasteiger partial charge on any atom is -0.390 e. The highest BCUT2D eigenvalue weighted by atomic mass is 16.3. The predicted molar refractivity (Wildman–Crippen MR) is 61.2 cm³/mol. The van der Waals surface area contributed by atoms with Crippen molar-refractivity contribution in [2.24, 2.45) is 5.92 Å². The van der Waals surface area contributed by atoms with Gasteiger partial charge in [-0.3, -0.25) is 0 Å². The first kappa shape index (κ1) is 11.8. The molecule has 0 aromatic heterocycles. The van der Waals surface area contributed by atoms with E-state index in [-0.39, 0.29) is 0 Å². The second kappa shape index (κ2) is 4.97. The summed E-state index contributed by atoms with van der Waals surface area (Å²) in [7, 11) is 0. The molecule has 14 heavy (non-hydrogen) atoms. The lowest BCUT2D eigenvalue weighted by atomic mass is 9.94. The van der Waals surface area contributed by atoms with Crippen LogP contribution in [0, 0.1) is 5.92 Å². The Balaban J connectivity index is 2.22. The highest BCUT2D eigenvalue weighted by Gasteiger charge is 2.38. The molecule has 1 N–H and O–H groups in total. The van der Waals surface area contributed by atoms with Gasteiger partial charge in [0, 0.05) is 0 Å². The van der Waals surface area contributed by atoms with Crippen molar-refractivity contribution in [3.63, 3.8) is 0 Å². The fourth-order valence-corrected chi connectivity index (χ4v) is 2.02. The van der Waals surface area contributed by atoms with Gasteiger partial charge in [0.2, 0.25) is 0 Å². The molecule has 0 radical (unpaired) electrons. The number of aliphatic hydroxyl groups is 1. The van der Waals surface area contributed by atoms with Crippen LogP contribution in [0.5, 0.6) is 0 Å².